The summed E-state index contributed by atoms with van der Waals surface area (Å²) in [5.74, 6) is -0.288. The zero-order valence-corrected chi connectivity index (χ0v) is 5.59. The van der Waals surface area contributed by atoms with Gasteiger partial charge in [0.25, 0.3) is 0 Å². The average molecular weight is 160 g/mol. The maximum atomic E-state index is 11.4. The van der Waals surface area contributed by atoms with Gasteiger partial charge in [-0.15, -0.1) is 0 Å². The molecule has 0 aliphatic carbocycles. The van der Waals surface area contributed by atoms with Crippen LogP contribution in [0.5, 0.6) is 0 Å². The zero-order valence-electron chi connectivity index (χ0n) is 4.77. The van der Waals surface area contributed by atoms with Gasteiger partial charge >= 0.3 is 6.18 Å². The van der Waals surface area contributed by atoms with Crippen molar-refractivity contribution < 1.29 is 18.3 Å². The van der Waals surface area contributed by atoms with Crippen LogP contribution in [0.3, 0.4) is 0 Å². The second-order valence-electron chi connectivity index (χ2n) is 1.51. The number of aliphatic hydroxyl groups excluding tert-OH is 1. The van der Waals surface area contributed by atoms with Gasteiger partial charge in [0.2, 0.25) is 0 Å². The first-order chi connectivity index (χ1) is 3.98. The number of rotatable bonds is 2. The molecule has 0 amide bonds. The second-order valence-corrected chi connectivity index (χ2v) is 2.42. The van der Waals surface area contributed by atoms with Crippen molar-refractivity contribution in [3.8, 4) is 0 Å². The number of thioether (sulfide) groups is 1. The highest BCUT2D eigenvalue weighted by Gasteiger charge is 2.37. The third kappa shape index (κ3) is 3.64. The smallest absolute Gasteiger partial charge is 0.383 e. The summed E-state index contributed by atoms with van der Waals surface area (Å²) in [6.07, 6.45) is -5.12. The van der Waals surface area contributed by atoms with Crippen LogP contribution in [-0.2, 0) is 0 Å². The minimum absolute atomic E-state index is 0.288. The van der Waals surface area contributed by atoms with Crippen molar-refractivity contribution in [3.05, 3.63) is 0 Å². The molecule has 0 aliphatic heterocycles. The lowest BCUT2D eigenvalue weighted by Crippen LogP contribution is -2.30. The van der Waals surface area contributed by atoms with Gasteiger partial charge in [-0.25, -0.2) is 0 Å². The molecule has 0 rings (SSSR count). The lowest BCUT2D eigenvalue weighted by molar-refractivity contribution is -0.195. The van der Waals surface area contributed by atoms with Crippen molar-refractivity contribution >= 4 is 11.8 Å². The van der Waals surface area contributed by atoms with Crippen LogP contribution in [0.15, 0.2) is 0 Å². The van der Waals surface area contributed by atoms with Crippen LogP contribution in [0.4, 0.5) is 13.2 Å². The van der Waals surface area contributed by atoms with Crippen molar-refractivity contribution in [1.29, 1.82) is 0 Å². The Bertz CT molecular complexity index is 82.4. The second kappa shape index (κ2) is 3.31. The molecule has 0 spiro atoms. The molecule has 0 bridgehead atoms. The minimum Gasteiger partial charge on any atom is -0.383 e. The molecule has 0 saturated heterocycles. The van der Waals surface area contributed by atoms with Crippen LogP contribution >= 0.6 is 11.8 Å². The van der Waals surface area contributed by atoms with Gasteiger partial charge in [0, 0.05) is 5.75 Å². The van der Waals surface area contributed by atoms with E-state index in [2.05, 4.69) is 0 Å². The minimum atomic E-state index is -4.46. The Balaban J connectivity index is 3.59. The van der Waals surface area contributed by atoms with Crippen molar-refractivity contribution in [2.45, 2.75) is 12.3 Å². The largest absolute Gasteiger partial charge is 0.415 e. The van der Waals surface area contributed by atoms with E-state index in [-0.39, 0.29) is 5.75 Å². The molecule has 0 aromatic rings. The molecule has 1 N–H and O–H groups in total. The van der Waals surface area contributed by atoms with Crippen molar-refractivity contribution in [1.82, 2.24) is 0 Å². The summed E-state index contributed by atoms with van der Waals surface area (Å²) in [6, 6.07) is 0. The van der Waals surface area contributed by atoms with Crippen LogP contribution in [0.1, 0.15) is 0 Å². The summed E-state index contributed by atoms with van der Waals surface area (Å²) < 4.78 is 34.1. The lowest BCUT2D eigenvalue weighted by atomic mass is 10.4. The van der Waals surface area contributed by atoms with Gasteiger partial charge in [-0.05, 0) is 6.26 Å². The first kappa shape index (κ1) is 9.10. The summed E-state index contributed by atoms with van der Waals surface area (Å²) in [6.45, 7) is 0. The first-order valence-electron chi connectivity index (χ1n) is 2.22. The van der Waals surface area contributed by atoms with Crippen molar-refractivity contribution in [2.24, 2.45) is 0 Å². The molecule has 0 aliphatic rings. The fourth-order valence-electron chi connectivity index (χ4n) is 0.252. The van der Waals surface area contributed by atoms with Crippen molar-refractivity contribution in [2.75, 3.05) is 12.0 Å². The standard InChI is InChI=1S/C4H7F3OS/c1-9-2-3(8)4(5,6)7/h3,8H,2H2,1H3/t3-/m0/s1. The monoisotopic (exact) mass is 160 g/mol. The molecular weight excluding hydrogens is 153 g/mol. The highest BCUT2D eigenvalue weighted by Crippen LogP contribution is 2.21. The van der Waals surface area contributed by atoms with Crippen LogP contribution in [0.25, 0.3) is 0 Å². The molecule has 1 atom stereocenters. The molecule has 56 valence electrons. The van der Waals surface area contributed by atoms with E-state index in [1.165, 1.54) is 6.26 Å². The van der Waals surface area contributed by atoms with E-state index in [0.717, 1.165) is 11.8 Å². The van der Waals surface area contributed by atoms with E-state index in [0.29, 0.717) is 0 Å². The Morgan fingerprint density at radius 3 is 2.11 bits per heavy atom. The quantitative estimate of drug-likeness (QED) is 0.656. The topological polar surface area (TPSA) is 20.2 Å². The van der Waals surface area contributed by atoms with E-state index in [1.54, 1.807) is 0 Å². The van der Waals surface area contributed by atoms with E-state index < -0.39 is 12.3 Å². The predicted octanol–water partition coefficient (Wildman–Crippen LogP) is 1.27. The van der Waals surface area contributed by atoms with Gasteiger partial charge in [0.1, 0.15) is 0 Å². The number of aliphatic hydroxyl groups is 1. The van der Waals surface area contributed by atoms with E-state index >= 15 is 0 Å². The maximum absolute atomic E-state index is 11.4. The molecule has 0 saturated carbocycles. The Morgan fingerprint density at radius 2 is 2.00 bits per heavy atom. The number of alkyl halides is 3. The highest BCUT2D eigenvalue weighted by molar-refractivity contribution is 7.98. The average Bonchev–Trinajstić information content (AvgIpc) is 1.64. The van der Waals surface area contributed by atoms with Crippen LogP contribution < -0.4 is 0 Å². The van der Waals surface area contributed by atoms with Gasteiger partial charge in [0.15, 0.2) is 6.10 Å². The first-order valence-corrected chi connectivity index (χ1v) is 3.61. The van der Waals surface area contributed by atoms with Crippen molar-refractivity contribution in [3.63, 3.8) is 0 Å². The summed E-state index contributed by atoms with van der Waals surface area (Å²) in [5.41, 5.74) is 0. The molecule has 9 heavy (non-hydrogen) atoms. The summed E-state index contributed by atoms with van der Waals surface area (Å²) >= 11 is 0.967. The Hall–Kier alpha value is 0.100. The fourth-order valence-corrected chi connectivity index (χ4v) is 0.757. The molecular formula is C4H7F3OS. The van der Waals surface area contributed by atoms with E-state index in [1.807, 2.05) is 0 Å². The van der Waals surface area contributed by atoms with E-state index in [4.69, 9.17) is 5.11 Å². The Labute approximate surface area is 55.2 Å². The Morgan fingerprint density at radius 1 is 1.56 bits per heavy atom. The van der Waals surface area contributed by atoms with Crippen LogP contribution in [0, 0.1) is 0 Å². The molecule has 0 heterocycles. The number of hydrogen-bond donors (Lipinski definition) is 1. The Kier molecular flexibility index (Phi) is 3.35. The summed E-state index contributed by atoms with van der Waals surface area (Å²) in [7, 11) is 0. The van der Waals surface area contributed by atoms with Crippen LogP contribution in [-0.4, -0.2) is 29.4 Å². The van der Waals surface area contributed by atoms with E-state index in [9.17, 15) is 13.2 Å². The van der Waals surface area contributed by atoms with Gasteiger partial charge in [-0.1, -0.05) is 0 Å². The molecule has 0 unspecified atom stereocenters. The fraction of sp³-hybridized carbons (Fsp3) is 1.00. The van der Waals surface area contributed by atoms with Gasteiger partial charge < -0.3 is 5.11 Å². The molecule has 1 nitrogen and oxygen atoms in total. The third-order valence-electron chi connectivity index (χ3n) is 0.702. The SMILES string of the molecule is CSC[C@H](O)C(F)(F)F. The zero-order chi connectivity index (χ0) is 7.49. The molecule has 5 heteroatoms. The lowest BCUT2D eigenvalue weighted by Gasteiger charge is -2.11. The molecule has 0 aromatic heterocycles. The molecule has 0 radical (unpaired) electrons. The number of halogens is 3. The third-order valence-corrected chi connectivity index (χ3v) is 1.35. The maximum Gasteiger partial charge on any atom is 0.415 e. The predicted molar refractivity (Wildman–Crippen MR) is 30.4 cm³/mol. The van der Waals surface area contributed by atoms with Gasteiger partial charge in [-0.3, -0.25) is 0 Å². The summed E-state index contributed by atoms with van der Waals surface area (Å²) in [4.78, 5) is 0. The normalized spacial score (nSPS) is 15.7. The molecule has 0 fully saturated rings. The highest BCUT2D eigenvalue weighted by atomic mass is 32.2. The molecule has 0 aromatic carbocycles. The summed E-state index contributed by atoms with van der Waals surface area (Å²) in [5, 5.41) is 8.24. The van der Waals surface area contributed by atoms with Crippen LogP contribution in [0.2, 0.25) is 0 Å². The van der Waals surface area contributed by atoms with Gasteiger partial charge in [-0.2, -0.15) is 24.9 Å². The van der Waals surface area contributed by atoms with Gasteiger partial charge in [0.05, 0.1) is 0 Å². The number of hydrogen-bond acceptors (Lipinski definition) is 2.